The maximum Gasteiger partial charge on any atom is 0.322 e. The van der Waals surface area contributed by atoms with Crippen molar-refractivity contribution < 1.29 is 18.7 Å². The number of benzene rings is 2. The number of hydrogen-bond donors (Lipinski definition) is 3. The first-order valence-corrected chi connectivity index (χ1v) is 12.7. The molecule has 1 atom stereocenters. The van der Waals surface area contributed by atoms with Gasteiger partial charge in [-0.15, -0.1) is 0 Å². The molecular formula is C27H29FN6O3. The first-order valence-electron chi connectivity index (χ1n) is 12.7. The number of halogens is 1. The molecule has 3 aromatic rings. The zero-order valence-electron chi connectivity index (χ0n) is 20.6. The van der Waals surface area contributed by atoms with Crippen molar-refractivity contribution in [2.45, 2.75) is 50.3 Å². The summed E-state index contributed by atoms with van der Waals surface area (Å²) in [5.41, 5.74) is 2.07. The molecule has 37 heavy (non-hydrogen) atoms. The van der Waals surface area contributed by atoms with Crippen LogP contribution in [0.25, 0.3) is 10.9 Å². The highest BCUT2D eigenvalue weighted by molar-refractivity contribution is 6.07. The number of carbonyl (C=O) groups excluding carboxylic acids is 2. The van der Waals surface area contributed by atoms with E-state index in [1.807, 2.05) is 25.1 Å². The molecule has 1 spiro atoms. The molecule has 6 rings (SSSR count). The van der Waals surface area contributed by atoms with Crippen molar-refractivity contribution in [1.82, 2.24) is 20.6 Å². The molecule has 1 aliphatic carbocycles. The summed E-state index contributed by atoms with van der Waals surface area (Å²) < 4.78 is 19.5. The maximum atomic E-state index is 13.5. The zero-order valence-corrected chi connectivity index (χ0v) is 20.6. The minimum atomic E-state index is -0.801. The summed E-state index contributed by atoms with van der Waals surface area (Å²) in [6, 6.07) is 12.2. The van der Waals surface area contributed by atoms with Crippen molar-refractivity contribution in [3.05, 3.63) is 59.4 Å². The highest BCUT2D eigenvalue weighted by Crippen LogP contribution is 2.34. The van der Waals surface area contributed by atoms with E-state index in [-0.39, 0.29) is 23.9 Å². The largest absolute Gasteiger partial charge is 0.370 e. The van der Waals surface area contributed by atoms with Crippen LogP contribution in [0.2, 0.25) is 0 Å². The van der Waals surface area contributed by atoms with Crippen LogP contribution in [0.1, 0.15) is 42.9 Å². The van der Waals surface area contributed by atoms with E-state index in [0.717, 1.165) is 27.8 Å². The molecule has 1 aromatic heterocycles. The monoisotopic (exact) mass is 504 g/mol. The zero-order chi connectivity index (χ0) is 25.6. The topological polar surface area (TPSA) is 108 Å². The van der Waals surface area contributed by atoms with Crippen LogP contribution in [-0.2, 0) is 9.53 Å². The number of imide groups is 1. The summed E-state index contributed by atoms with van der Waals surface area (Å²) in [4.78, 5) is 36.0. The number of amides is 3. The van der Waals surface area contributed by atoms with Crippen LogP contribution in [0.5, 0.6) is 0 Å². The fourth-order valence-corrected chi connectivity index (χ4v) is 5.62. The van der Waals surface area contributed by atoms with Crippen LogP contribution in [0, 0.1) is 12.7 Å². The predicted octanol–water partition coefficient (Wildman–Crippen LogP) is 3.59. The lowest BCUT2D eigenvalue weighted by Crippen LogP contribution is -2.51. The molecule has 3 heterocycles. The Morgan fingerprint density at radius 2 is 1.89 bits per heavy atom. The van der Waals surface area contributed by atoms with Crippen molar-refractivity contribution in [2.24, 2.45) is 0 Å². The first-order chi connectivity index (χ1) is 17.9. The van der Waals surface area contributed by atoms with E-state index < -0.39 is 11.6 Å². The fourth-order valence-electron chi connectivity index (χ4n) is 5.62. The second-order valence-corrected chi connectivity index (χ2v) is 10.1. The molecule has 2 aliphatic heterocycles. The molecular weight excluding hydrogens is 475 g/mol. The summed E-state index contributed by atoms with van der Waals surface area (Å²) in [6.45, 7) is 3.83. The van der Waals surface area contributed by atoms with Crippen LogP contribution in [0.15, 0.2) is 42.5 Å². The quantitative estimate of drug-likeness (QED) is 0.466. The maximum absolute atomic E-state index is 13.5. The Morgan fingerprint density at radius 3 is 2.62 bits per heavy atom. The standard InChI is InChI=1S/C27H29FN6O3/c1-16-3-2-4-20-22(16)30-25(29-19-9-11-27(12-10-19)24(35)32-26(36)33-27)31-23(20)34-13-14-37-21(15-34)17-5-7-18(28)8-6-17/h2-8,19,21H,9-15H2,1H3,(H,29,30,31)(H2,32,33,35,36). The second-order valence-electron chi connectivity index (χ2n) is 10.1. The lowest BCUT2D eigenvalue weighted by Gasteiger charge is -2.36. The van der Waals surface area contributed by atoms with Crippen LogP contribution in [0.3, 0.4) is 0 Å². The van der Waals surface area contributed by atoms with Gasteiger partial charge in [-0.2, -0.15) is 4.98 Å². The van der Waals surface area contributed by atoms with E-state index in [1.165, 1.54) is 12.1 Å². The minimum absolute atomic E-state index is 0.0851. The highest BCUT2D eigenvalue weighted by Gasteiger charge is 2.48. The molecule has 3 amide bonds. The number of para-hydroxylation sites is 1. The molecule has 1 saturated carbocycles. The predicted molar refractivity (Wildman–Crippen MR) is 137 cm³/mol. The van der Waals surface area contributed by atoms with Gasteiger partial charge >= 0.3 is 6.03 Å². The Balaban J connectivity index is 1.26. The summed E-state index contributed by atoms with van der Waals surface area (Å²) >= 11 is 0. The van der Waals surface area contributed by atoms with E-state index >= 15 is 0 Å². The van der Waals surface area contributed by atoms with Gasteiger partial charge in [0.2, 0.25) is 5.95 Å². The Labute approximate surface area is 213 Å². The van der Waals surface area contributed by atoms with Gasteiger partial charge < -0.3 is 20.3 Å². The van der Waals surface area contributed by atoms with E-state index in [1.54, 1.807) is 12.1 Å². The summed E-state index contributed by atoms with van der Waals surface area (Å²) in [5.74, 6) is 0.872. The highest BCUT2D eigenvalue weighted by atomic mass is 19.1. The molecule has 9 nitrogen and oxygen atoms in total. The van der Waals surface area contributed by atoms with Crippen molar-refractivity contribution >= 4 is 34.6 Å². The number of urea groups is 1. The lowest BCUT2D eigenvalue weighted by molar-refractivity contribution is -0.125. The van der Waals surface area contributed by atoms with Crippen LogP contribution in [-0.4, -0.2) is 53.2 Å². The van der Waals surface area contributed by atoms with Crippen molar-refractivity contribution in [1.29, 1.82) is 0 Å². The van der Waals surface area contributed by atoms with E-state index in [0.29, 0.717) is 51.3 Å². The number of rotatable bonds is 4. The number of anilines is 2. The third-order valence-electron chi connectivity index (χ3n) is 7.70. The summed E-state index contributed by atoms with van der Waals surface area (Å²) in [7, 11) is 0. The number of aryl methyl sites for hydroxylation is 1. The van der Waals surface area contributed by atoms with Gasteiger partial charge in [-0.05, 0) is 61.9 Å². The van der Waals surface area contributed by atoms with E-state index in [2.05, 4.69) is 20.9 Å². The normalized spacial score (nSPS) is 25.8. The molecule has 1 unspecified atom stereocenters. The van der Waals surface area contributed by atoms with Gasteiger partial charge in [-0.1, -0.05) is 24.3 Å². The molecule has 3 aliphatic rings. The third-order valence-corrected chi connectivity index (χ3v) is 7.70. The Morgan fingerprint density at radius 1 is 1.11 bits per heavy atom. The number of nitrogens with zero attached hydrogens (tertiary/aromatic N) is 3. The van der Waals surface area contributed by atoms with Crippen LogP contribution >= 0.6 is 0 Å². The SMILES string of the molecule is Cc1cccc2c(N3CCOC(c4ccc(F)cc4)C3)nc(NC3CCC4(CC3)NC(=O)NC4=O)nc12. The average molecular weight is 505 g/mol. The van der Waals surface area contributed by atoms with E-state index in [9.17, 15) is 14.0 Å². The number of hydrogen-bond acceptors (Lipinski definition) is 7. The Hall–Kier alpha value is -3.79. The lowest BCUT2D eigenvalue weighted by atomic mass is 9.79. The Bertz CT molecular complexity index is 1360. The number of fused-ring (bicyclic) bond motifs is 1. The summed E-state index contributed by atoms with van der Waals surface area (Å²) in [5, 5.41) is 9.64. The number of ether oxygens (including phenoxy) is 1. The fraction of sp³-hybridized carbons (Fsp3) is 0.407. The summed E-state index contributed by atoms with van der Waals surface area (Å²) in [6.07, 6.45) is 2.35. The van der Waals surface area contributed by atoms with Gasteiger partial charge in [-0.25, -0.2) is 14.2 Å². The minimum Gasteiger partial charge on any atom is -0.370 e. The van der Waals surface area contributed by atoms with Gasteiger partial charge in [0.25, 0.3) is 5.91 Å². The average Bonchev–Trinajstić information content (AvgIpc) is 3.18. The van der Waals surface area contributed by atoms with Gasteiger partial charge in [-0.3, -0.25) is 10.1 Å². The van der Waals surface area contributed by atoms with Gasteiger partial charge in [0, 0.05) is 24.5 Å². The molecule has 192 valence electrons. The van der Waals surface area contributed by atoms with Gasteiger partial charge in [0.05, 0.1) is 12.1 Å². The van der Waals surface area contributed by atoms with E-state index in [4.69, 9.17) is 14.7 Å². The molecule has 3 N–H and O–H groups in total. The van der Waals surface area contributed by atoms with Crippen LogP contribution in [0.4, 0.5) is 21.0 Å². The third kappa shape index (κ3) is 4.46. The molecule has 2 saturated heterocycles. The van der Waals surface area contributed by atoms with Crippen molar-refractivity contribution in [3.8, 4) is 0 Å². The second kappa shape index (κ2) is 9.26. The van der Waals surface area contributed by atoms with Crippen LogP contribution < -0.4 is 20.9 Å². The molecule has 0 radical (unpaired) electrons. The van der Waals surface area contributed by atoms with Crippen molar-refractivity contribution in [2.75, 3.05) is 29.9 Å². The molecule has 2 aromatic carbocycles. The van der Waals surface area contributed by atoms with Gasteiger partial charge in [0.1, 0.15) is 23.3 Å². The smallest absolute Gasteiger partial charge is 0.322 e. The number of morpholine rings is 1. The number of carbonyl (C=O) groups is 2. The van der Waals surface area contributed by atoms with Gasteiger partial charge in [0.15, 0.2) is 0 Å². The molecule has 0 bridgehead atoms. The number of aromatic nitrogens is 2. The Kier molecular flexibility index (Phi) is 5.91. The molecule has 3 fully saturated rings. The number of nitrogens with one attached hydrogen (secondary N) is 3. The first kappa shape index (κ1) is 23.6. The molecule has 10 heteroatoms. The van der Waals surface area contributed by atoms with Crippen molar-refractivity contribution in [3.63, 3.8) is 0 Å².